The van der Waals surface area contributed by atoms with Gasteiger partial charge < -0.3 is 0 Å². The number of halogens is 3. The maximum Gasteiger partial charge on any atom is 0.507 e. The predicted octanol–water partition coefficient (Wildman–Crippen LogP) is 0.866. The van der Waals surface area contributed by atoms with Crippen molar-refractivity contribution in [2.75, 3.05) is 0 Å². The van der Waals surface area contributed by atoms with E-state index < -0.39 is 17.2 Å². The average molecular weight is 218 g/mol. The molecule has 1 N–H and O–H groups in total. The predicted molar refractivity (Wildman–Crippen MR) is 42.6 cm³/mol. The fraction of sp³-hybridized carbons (Fsp3) is 0.286. The Hall–Kier alpha value is -1.86. The molecule has 1 amide bonds. The lowest BCUT2D eigenvalue weighted by Crippen LogP contribution is -2.35. The summed E-state index contributed by atoms with van der Waals surface area (Å²) in [5.74, 6) is -1.09. The fourth-order valence-corrected chi connectivity index (χ4v) is 1.19. The molecule has 15 heavy (non-hydrogen) atoms. The van der Waals surface area contributed by atoms with E-state index in [1.165, 1.54) is 12.3 Å². The highest BCUT2D eigenvalue weighted by atomic mass is 19.4. The summed E-state index contributed by atoms with van der Waals surface area (Å²) in [6, 6.07) is 1.45. The van der Waals surface area contributed by atoms with E-state index in [0.29, 0.717) is 5.69 Å². The summed E-state index contributed by atoms with van der Waals surface area (Å²) in [6.07, 6.45) is -3.76. The van der Waals surface area contributed by atoms with E-state index in [4.69, 9.17) is 0 Å². The number of hydrogen-bond donors (Lipinski definition) is 1. The lowest BCUT2D eigenvalue weighted by Gasteiger charge is -2.13. The van der Waals surface area contributed by atoms with Gasteiger partial charge in [-0.05, 0) is 6.07 Å². The van der Waals surface area contributed by atoms with Crippen LogP contribution in [-0.4, -0.2) is 33.1 Å². The minimum absolute atomic E-state index is 0.0369. The molecule has 0 aliphatic carbocycles. The number of hydrogen-bond acceptors (Lipinski definition) is 3. The van der Waals surface area contributed by atoms with Crippen molar-refractivity contribution in [2.24, 2.45) is 5.10 Å². The van der Waals surface area contributed by atoms with Crippen molar-refractivity contribution in [2.45, 2.75) is 12.7 Å². The van der Waals surface area contributed by atoms with Crippen molar-refractivity contribution in [3.05, 3.63) is 18.0 Å². The molecule has 1 aromatic heterocycles. The number of carbonyl (C=O) groups is 1. The first-order valence-electron chi connectivity index (χ1n) is 3.95. The molecule has 0 radical (unpaired) electrons. The lowest BCUT2D eigenvalue weighted by atomic mass is 10.2. The molecule has 5 nitrogen and oxygen atoms in total. The second kappa shape index (κ2) is 3.07. The van der Waals surface area contributed by atoms with Crippen LogP contribution in [0.5, 0.6) is 0 Å². The van der Waals surface area contributed by atoms with E-state index in [0.717, 1.165) is 0 Å². The third kappa shape index (κ3) is 1.69. The minimum Gasteiger partial charge on any atom is -0.277 e. The number of hydrazone groups is 1. The highest BCUT2D eigenvalue weighted by Gasteiger charge is 2.45. The standard InChI is InChI=1S/C7H5F3N4O/c8-7(9,10)14-6(15)3-5(13-14)4-1-2-11-12-4/h1-2H,3H2,(H,11,12). The summed E-state index contributed by atoms with van der Waals surface area (Å²) in [5.41, 5.74) is 0.352. The second-order valence-corrected chi connectivity index (χ2v) is 2.87. The molecular formula is C7H5F3N4O. The van der Waals surface area contributed by atoms with Crippen molar-refractivity contribution < 1.29 is 18.0 Å². The van der Waals surface area contributed by atoms with Gasteiger partial charge in [-0.2, -0.15) is 10.2 Å². The van der Waals surface area contributed by atoms with Gasteiger partial charge in [0.25, 0.3) is 5.91 Å². The first-order valence-corrected chi connectivity index (χ1v) is 3.95. The zero-order valence-corrected chi connectivity index (χ0v) is 7.25. The number of aromatic amines is 1. The topological polar surface area (TPSA) is 61.4 Å². The van der Waals surface area contributed by atoms with E-state index in [-0.39, 0.29) is 12.1 Å². The molecule has 0 atom stereocenters. The summed E-state index contributed by atoms with van der Waals surface area (Å²) in [6.45, 7) is 0. The Morgan fingerprint density at radius 3 is 2.67 bits per heavy atom. The molecule has 1 aromatic rings. The summed E-state index contributed by atoms with van der Waals surface area (Å²) in [4.78, 5) is 11.0. The molecule has 80 valence electrons. The Kier molecular flexibility index (Phi) is 1.98. The van der Waals surface area contributed by atoms with Crippen LogP contribution in [0.3, 0.4) is 0 Å². The third-order valence-electron chi connectivity index (χ3n) is 1.83. The number of nitrogens with one attached hydrogen (secondary N) is 1. The number of amides is 1. The normalized spacial score (nSPS) is 17.1. The lowest BCUT2D eigenvalue weighted by molar-refractivity contribution is -0.238. The van der Waals surface area contributed by atoms with Gasteiger partial charge in [-0.1, -0.05) is 0 Å². The van der Waals surface area contributed by atoms with Gasteiger partial charge in [0.2, 0.25) is 0 Å². The average Bonchev–Trinajstić information content (AvgIpc) is 2.68. The highest BCUT2D eigenvalue weighted by molar-refractivity contribution is 6.12. The Morgan fingerprint density at radius 2 is 2.20 bits per heavy atom. The molecule has 0 unspecified atom stereocenters. The maximum atomic E-state index is 12.2. The molecule has 0 saturated carbocycles. The van der Waals surface area contributed by atoms with Gasteiger partial charge in [-0.3, -0.25) is 9.89 Å². The second-order valence-electron chi connectivity index (χ2n) is 2.87. The third-order valence-corrected chi connectivity index (χ3v) is 1.83. The fourth-order valence-electron chi connectivity index (χ4n) is 1.19. The van der Waals surface area contributed by atoms with Crippen LogP contribution >= 0.6 is 0 Å². The van der Waals surface area contributed by atoms with Crippen LogP contribution < -0.4 is 0 Å². The largest absolute Gasteiger partial charge is 0.507 e. The van der Waals surface area contributed by atoms with Crippen molar-refractivity contribution >= 4 is 11.6 Å². The van der Waals surface area contributed by atoms with Crippen LogP contribution in [0.1, 0.15) is 12.1 Å². The molecule has 0 bridgehead atoms. The zero-order chi connectivity index (χ0) is 11.1. The monoisotopic (exact) mass is 218 g/mol. The van der Waals surface area contributed by atoms with Crippen LogP contribution in [0, 0.1) is 0 Å². The van der Waals surface area contributed by atoms with Crippen LogP contribution in [0.25, 0.3) is 0 Å². The maximum absolute atomic E-state index is 12.2. The van der Waals surface area contributed by atoms with Gasteiger partial charge in [0.15, 0.2) is 0 Å². The van der Waals surface area contributed by atoms with E-state index in [1.807, 2.05) is 0 Å². The highest BCUT2D eigenvalue weighted by Crippen LogP contribution is 2.27. The molecule has 0 saturated heterocycles. The Morgan fingerprint density at radius 1 is 1.47 bits per heavy atom. The molecule has 0 fully saturated rings. The van der Waals surface area contributed by atoms with Gasteiger partial charge in [-0.25, -0.2) is 0 Å². The summed E-state index contributed by atoms with van der Waals surface area (Å²) < 4.78 is 36.6. The number of nitrogens with zero attached hydrogens (tertiary/aromatic N) is 3. The summed E-state index contributed by atoms with van der Waals surface area (Å²) in [7, 11) is 0. The first-order chi connectivity index (χ1) is 6.98. The van der Waals surface area contributed by atoms with Gasteiger partial charge in [0.05, 0.1) is 17.8 Å². The molecule has 0 aromatic carbocycles. The van der Waals surface area contributed by atoms with Crippen molar-refractivity contribution in [1.29, 1.82) is 0 Å². The smallest absolute Gasteiger partial charge is 0.277 e. The van der Waals surface area contributed by atoms with Gasteiger partial charge in [0, 0.05) is 6.20 Å². The molecule has 0 spiro atoms. The van der Waals surface area contributed by atoms with Gasteiger partial charge in [-0.15, -0.1) is 18.2 Å². The van der Waals surface area contributed by atoms with Gasteiger partial charge in [0.1, 0.15) is 0 Å². The number of alkyl halides is 3. The van der Waals surface area contributed by atoms with Crippen LogP contribution in [0.2, 0.25) is 0 Å². The van der Waals surface area contributed by atoms with Crippen molar-refractivity contribution in [1.82, 2.24) is 15.2 Å². The van der Waals surface area contributed by atoms with Crippen LogP contribution in [0.4, 0.5) is 13.2 Å². The molecule has 2 rings (SSSR count). The molecule has 2 heterocycles. The van der Waals surface area contributed by atoms with E-state index >= 15 is 0 Å². The SMILES string of the molecule is O=C1CC(c2ccn[nH]2)=NN1C(F)(F)F. The zero-order valence-electron chi connectivity index (χ0n) is 7.25. The van der Waals surface area contributed by atoms with Crippen molar-refractivity contribution in [3.8, 4) is 0 Å². The van der Waals surface area contributed by atoms with Crippen LogP contribution in [0.15, 0.2) is 17.4 Å². The Labute approximate surface area is 81.6 Å². The molecule has 8 heteroatoms. The number of aromatic nitrogens is 2. The molecular weight excluding hydrogens is 213 g/mol. The van der Waals surface area contributed by atoms with E-state index in [2.05, 4.69) is 15.3 Å². The van der Waals surface area contributed by atoms with E-state index in [1.54, 1.807) is 0 Å². The summed E-state index contributed by atoms with van der Waals surface area (Å²) in [5, 5.41) is 8.72. The minimum atomic E-state index is -4.77. The number of H-pyrrole nitrogens is 1. The Bertz CT molecular complexity index is 408. The van der Waals surface area contributed by atoms with Gasteiger partial charge >= 0.3 is 6.30 Å². The number of carbonyl (C=O) groups excluding carboxylic acids is 1. The van der Waals surface area contributed by atoms with E-state index in [9.17, 15) is 18.0 Å². The van der Waals surface area contributed by atoms with Crippen molar-refractivity contribution in [3.63, 3.8) is 0 Å². The quantitative estimate of drug-likeness (QED) is 0.711. The Balaban J connectivity index is 2.29. The number of rotatable bonds is 1. The summed E-state index contributed by atoms with van der Waals surface area (Å²) >= 11 is 0. The molecule has 1 aliphatic rings. The molecule has 1 aliphatic heterocycles. The first kappa shape index (κ1) is 9.69. The van der Waals surface area contributed by atoms with Crippen LogP contribution in [-0.2, 0) is 4.79 Å².